The van der Waals surface area contributed by atoms with Gasteiger partial charge in [-0.2, -0.15) is 0 Å². The molecule has 8 aromatic rings. The summed E-state index contributed by atoms with van der Waals surface area (Å²) in [4.78, 5) is 7.10. The first-order chi connectivity index (χ1) is 20.8. The standard InChI is InChI=1S/C39H26N2O/c1-3-9-27(10-4-1)29-15-19-32(20-16-29)41(33-21-17-30(18-22-33)28-11-5-2-6-12-28)34-23-24-38-35(26-34)36-25-31-13-7-8-14-37(31)40-39(36)42-38/h1-26H. The largest absolute Gasteiger partial charge is 0.438 e. The molecular formula is C39H26N2O. The monoisotopic (exact) mass is 538 g/mol. The Morgan fingerprint density at radius 2 is 0.952 bits per heavy atom. The molecule has 0 amide bonds. The van der Waals surface area contributed by atoms with Crippen LogP contribution in [-0.4, -0.2) is 4.98 Å². The third-order valence-electron chi connectivity index (χ3n) is 7.87. The van der Waals surface area contributed by atoms with Crippen LogP contribution in [0.3, 0.4) is 0 Å². The van der Waals surface area contributed by atoms with Crippen LogP contribution in [0.5, 0.6) is 0 Å². The van der Waals surface area contributed by atoms with E-state index in [1.807, 2.05) is 30.3 Å². The fourth-order valence-electron chi connectivity index (χ4n) is 5.74. The van der Waals surface area contributed by atoms with Crippen molar-refractivity contribution in [3.05, 3.63) is 158 Å². The van der Waals surface area contributed by atoms with Crippen molar-refractivity contribution in [3.63, 3.8) is 0 Å². The maximum atomic E-state index is 6.21. The van der Waals surface area contributed by atoms with Gasteiger partial charge in [-0.3, -0.25) is 0 Å². The van der Waals surface area contributed by atoms with Gasteiger partial charge in [0.15, 0.2) is 0 Å². The Morgan fingerprint density at radius 3 is 1.57 bits per heavy atom. The highest BCUT2D eigenvalue weighted by Gasteiger charge is 2.17. The van der Waals surface area contributed by atoms with E-state index in [-0.39, 0.29) is 0 Å². The van der Waals surface area contributed by atoms with Crippen LogP contribution < -0.4 is 4.90 Å². The molecule has 0 aliphatic rings. The van der Waals surface area contributed by atoms with E-state index in [0.717, 1.165) is 44.3 Å². The van der Waals surface area contributed by atoms with E-state index in [2.05, 4.69) is 132 Å². The van der Waals surface area contributed by atoms with Crippen LogP contribution in [0.2, 0.25) is 0 Å². The minimum atomic E-state index is 0.659. The molecule has 0 aliphatic carbocycles. The summed E-state index contributed by atoms with van der Waals surface area (Å²) in [5.74, 6) is 0. The molecule has 2 heterocycles. The molecule has 0 fully saturated rings. The van der Waals surface area contributed by atoms with E-state index in [0.29, 0.717) is 5.71 Å². The Hall–Kier alpha value is -5.67. The summed E-state index contributed by atoms with van der Waals surface area (Å²) in [6.07, 6.45) is 0. The lowest BCUT2D eigenvalue weighted by Gasteiger charge is -2.26. The highest BCUT2D eigenvalue weighted by molar-refractivity contribution is 6.08. The number of nitrogens with zero attached hydrogens (tertiary/aromatic N) is 2. The Kier molecular flexibility index (Phi) is 5.79. The fraction of sp³-hybridized carbons (Fsp3) is 0. The highest BCUT2D eigenvalue weighted by Crippen LogP contribution is 2.40. The number of fused-ring (bicyclic) bond motifs is 4. The van der Waals surface area contributed by atoms with E-state index >= 15 is 0 Å². The van der Waals surface area contributed by atoms with Gasteiger partial charge in [0, 0.05) is 33.2 Å². The summed E-state index contributed by atoms with van der Waals surface area (Å²) in [5.41, 5.74) is 10.4. The predicted molar refractivity (Wildman–Crippen MR) is 175 cm³/mol. The van der Waals surface area contributed by atoms with Gasteiger partial charge in [0.2, 0.25) is 5.71 Å². The average Bonchev–Trinajstić information content (AvgIpc) is 3.42. The van der Waals surface area contributed by atoms with Gasteiger partial charge in [-0.25, -0.2) is 4.98 Å². The molecule has 0 saturated carbocycles. The minimum absolute atomic E-state index is 0.659. The molecule has 6 aromatic carbocycles. The molecule has 0 aliphatic heterocycles. The number of furan rings is 1. The van der Waals surface area contributed by atoms with Crippen LogP contribution in [-0.2, 0) is 0 Å². The van der Waals surface area contributed by atoms with Crippen molar-refractivity contribution in [3.8, 4) is 22.3 Å². The van der Waals surface area contributed by atoms with Crippen LogP contribution in [0.15, 0.2) is 162 Å². The van der Waals surface area contributed by atoms with Gasteiger partial charge < -0.3 is 9.32 Å². The van der Waals surface area contributed by atoms with Crippen molar-refractivity contribution < 1.29 is 4.42 Å². The molecule has 0 saturated heterocycles. The number of hydrogen-bond donors (Lipinski definition) is 0. The smallest absolute Gasteiger partial charge is 0.227 e. The zero-order valence-electron chi connectivity index (χ0n) is 22.8. The van der Waals surface area contributed by atoms with Crippen LogP contribution in [0.25, 0.3) is 55.2 Å². The van der Waals surface area contributed by atoms with Crippen molar-refractivity contribution >= 4 is 50.0 Å². The predicted octanol–water partition coefficient (Wildman–Crippen LogP) is 10.9. The average molecular weight is 539 g/mol. The molecule has 2 aromatic heterocycles. The molecule has 8 rings (SSSR count). The van der Waals surface area contributed by atoms with Gasteiger partial charge in [0.1, 0.15) is 5.58 Å². The Labute approximate surface area is 243 Å². The molecule has 0 N–H and O–H groups in total. The summed E-state index contributed by atoms with van der Waals surface area (Å²) in [6.45, 7) is 0. The lowest BCUT2D eigenvalue weighted by molar-refractivity contribution is 0.656. The summed E-state index contributed by atoms with van der Waals surface area (Å²) in [6, 6.07) is 55.3. The number of benzene rings is 6. The topological polar surface area (TPSA) is 29.3 Å². The number of pyridine rings is 1. The van der Waals surface area contributed by atoms with Crippen LogP contribution in [0, 0.1) is 0 Å². The maximum absolute atomic E-state index is 6.21. The van der Waals surface area contributed by atoms with E-state index in [1.54, 1.807) is 0 Å². The van der Waals surface area contributed by atoms with Crippen molar-refractivity contribution in [2.45, 2.75) is 0 Å². The quantitative estimate of drug-likeness (QED) is 0.218. The number of aromatic nitrogens is 1. The van der Waals surface area contributed by atoms with Crippen LogP contribution in [0.4, 0.5) is 17.1 Å². The lowest BCUT2D eigenvalue weighted by atomic mass is 10.0. The van der Waals surface area contributed by atoms with Crippen molar-refractivity contribution in [1.82, 2.24) is 4.98 Å². The Bertz CT molecular complexity index is 2080. The van der Waals surface area contributed by atoms with E-state index in [9.17, 15) is 0 Å². The van der Waals surface area contributed by atoms with Crippen molar-refractivity contribution in [2.75, 3.05) is 4.90 Å². The highest BCUT2D eigenvalue weighted by atomic mass is 16.3. The molecule has 0 bridgehead atoms. The molecule has 0 spiro atoms. The van der Waals surface area contributed by atoms with E-state index < -0.39 is 0 Å². The van der Waals surface area contributed by atoms with Gasteiger partial charge in [0.05, 0.1) is 5.52 Å². The normalized spacial score (nSPS) is 11.3. The van der Waals surface area contributed by atoms with Gasteiger partial charge in [0.25, 0.3) is 0 Å². The second-order valence-corrected chi connectivity index (χ2v) is 10.5. The second kappa shape index (κ2) is 10.1. The molecule has 42 heavy (non-hydrogen) atoms. The number of anilines is 3. The summed E-state index contributed by atoms with van der Waals surface area (Å²) < 4.78 is 6.21. The van der Waals surface area contributed by atoms with Crippen LogP contribution >= 0.6 is 0 Å². The third kappa shape index (κ3) is 4.29. The molecular weight excluding hydrogens is 512 g/mol. The summed E-state index contributed by atoms with van der Waals surface area (Å²) in [5, 5.41) is 3.17. The second-order valence-electron chi connectivity index (χ2n) is 10.5. The van der Waals surface area contributed by atoms with E-state index in [1.165, 1.54) is 22.3 Å². The fourth-order valence-corrected chi connectivity index (χ4v) is 5.74. The molecule has 0 unspecified atom stereocenters. The van der Waals surface area contributed by atoms with Crippen molar-refractivity contribution in [1.29, 1.82) is 0 Å². The van der Waals surface area contributed by atoms with Gasteiger partial charge in [-0.05, 0) is 76.9 Å². The molecule has 3 nitrogen and oxygen atoms in total. The zero-order valence-corrected chi connectivity index (χ0v) is 22.8. The van der Waals surface area contributed by atoms with E-state index in [4.69, 9.17) is 9.40 Å². The molecule has 3 heteroatoms. The lowest BCUT2D eigenvalue weighted by Crippen LogP contribution is -2.09. The Balaban J connectivity index is 1.27. The summed E-state index contributed by atoms with van der Waals surface area (Å²) in [7, 11) is 0. The first kappa shape index (κ1) is 24.2. The number of para-hydroxylation sites is 1. The zero-order chi connectivity index (χ0) is 27.9. The van der Waals surface area contributed by atoms with Crippen molar-refractivity contribution in [2.24, 2.45) is 0 Å². The Morgan fingerprint density at radius 1 is 0.429 bits per heavy atom. The first-order valence-corrected chi connectivity index (χ1v) is 14.1. The SMILES string of the molecule is c1ccc(-c2ccc(N(c3ccc(-c4ccccc4)cc3)c3ccc4oc5nc6ccccc6cc5c4c3)cc2)cc1. The third-order valence-corrected chi connectivity index (χ3v) is 7.87. The number of hydrogen-bond acceptors (Lipinski definition) is 3. The molecule has 0 radical (unpaired) electrons. The maximum Gasteiger partial charge on any atom is 0.227 e. The van der Waals surface area contributed by atoms with Gasteiger partial charge in [-0.1, -0.05) is 103 Å². The first-order valence-electron chi connectivity index (χ1n) is 14.1. The molecule has 0 atom stereocenters. The van der Waals surface area contributed by atoms with Gasteiger partial charge in [-0.15, -0.1) is 0 Å². The minimum Gasteiger partial charge on any atom is -0.438 e. The van der Waals surface area contributed by atoms with Gasteiger partial charge >= 0.3 is 0 Å². The molecule has 198 valence electrons. The van der Waals surface area contributed by atoms with Crippen LogP contribution in [0.1, 0.15) is 0 Å². The summed E-state index contributed by atoms with van der Waals surface area (Å²) >= 11 is 0. The number of rotatable bonds is 5.